The fraction of sp³-hybridized carbons (Fsp3) is 0.278. The van der Waals surface area contributed by atoms with Gasteiger partial charge >= 0.3 is 0 Å². The van der Waals surface area contributed by atoms with Gasteiger partial charge in [-0.2, -0.15) is 5.26 Å². The molecule has 0 bridgehead atoms. The van der Waals surface area contributed by atoms with Crippen LogP contribution in [0.3, 0.4) is 0 Å². The number of nitrogens with zero attached hydrogens (tertiary/aromatic N) is 1. The van der Waals surface area contributed by atoms with Crippen molar-refractivity contribution in [1.29, 1.82) is 5.26 Å². The van der Waals surface area contributed by atoms with E-state index in [4.69, 9.17) is 11.0 Å². The van der Waals surface area contributed by atoms with E-state index in [1.165, 1.54) is 6.07 Å². The minimum Gasteiger partial charge on any atom is -0.326 e. The van der Waals surface area contributed by atoms with E-state index in [9.17, 15) is 17.6 Å². The van der Waals surface area contributed by atoms with Crippen LogP contribution in [0.1, 0.15) is 22.3 Å². The van der Waals surface area contributed by atoms with Crippen LogP contribution in [0, 0.1) is 11.3 Å². The topological polar surface area (TPSA) is 49.8 Å². The van der Waals surface area contributed by atoms with Crippen molar-refractivity contribution >= 4 is 31.9 Å². The van der Waals surface area contributed by atoms with Crippen LogP contribution in [0.15, 0.2) is 45.3 Å². The first-order chi connectivity index (χ1) is 12.3. The summed E-state index contributed by atoms with van der Waals surface area (Å²) < 4.78 is 49.8. The highest BCUT2D eigenvalue weighted by Crippen LogP contribution is 2.19. The lowest BCUT2D eigenvalue weighted by Gasteiger charge is -2.07. The lowest BCUT2D eigenvalue weighted by molar-refractivity contribution is 0.148. The molecule has 26 heavy (non-hydrogen) atoms. The molecule has 2 aromatic carbocycles. The third kappa shape index (κ3) is 7.85. The van der Waals surface area contributed by atoms with Crippen molar-refractivity contribution in [3.63, 3.8) is 0 Å². The maximum absolute atomic E-state index is 12.1. The zero-order chi connectivity index (χ0) is 19.7. The molecule has 8 heteroatoms. The average Bonchev–Trinajstić information content (AvgIpc) is 2.55. The Morgan fingerprint density at radius 2 is 1.35 bits per heavy atom. The molecule has 0 amide bonds. The number of nitrogens with two attached hydrogens (primary N) is 1. The van der Waals surface area contributed by atoms with Gasteiger partial charge in [-0.15, -0.1) is 0 Å². The van der Waals surface area contributed by atoms with Gasteiger partial charge in [-0.1, -0.05) is 37.9 Å². The number of hydrogen-bond acceptors (Lipinski definition) is 2. The second kappa shape index (κ2) is 11.3. The van der Waals surface area contributed by atoms with Gasteiger partial charge in [-0.05, 0) is 47.0 Å². The van der Waals surface area contributed by atoms with Gasteiger partial charge in [0.2, 0.25) is 12.9 Å². The standard InChI is InChI=1S/C9H10BrF2N.C9H6BrF2N/c2*10-8-2-1-6(5-13)7(3-8)4-9(11)12/h1-3,9H,4-5,13H2;1-3,9H,4H2. The van der Waals surface area contributed by atoms with Crippen molar-refractivity contribution in [2.75, 3.05) is 0 Å². The molecule has 2 nitrogen and oxygen atoms in total. The SMILES string of the molecule is N#Cc1ccc(Br)cc1CC(F)F.NCc1ccc(Br)cc1CC(F)F. The van der Waals surface area contributed by atoms with Crippen molar-refractivity contribution in [2.24, 2.45) is 5.73 Å². The van der Waals surface area contributed by atoms with E-state index in [0.29, 0.717) is 27.7 Å². The highest BCUT2D eigenvalue weighted by molar-refractivity contribution is 9.10. The van der Waals surface area contributed by atoms with Crippen LogP contribution in [0.5, 0.6) is 0 Å². The van der Waals surface area contributed by atoms with Crippen molar-refractivity contribution < 1.29 is 17.6 Å². The van der Waals surface area contributed by atoms with Crippen LogP contribution >= 0.6 is 31.9 Å². The minimum absolute atomic E-state index is 0.230. The highest BCUT2D eigenvalue weighted by Gasteiger charge is 2.09. The second-order valence-electron chi connectivity index (χ2n) is 5.22. The van der Waals surface area contributed by atoms with Crippen molar-refractivity contribution in [3.8, 4) is 6.07 Å². The first-order valence-electron chi connectivity index (χ1n) is 7.49. The molecule has 140 valence electrons. The third-order valence-corrected chi connectivity index (χ3v) is 4.31. The molecule has 0 aromatic heterocycles. The Balaban J connectivity index is 0.000000260. The number of benzene rings is 2. The fourth-order valence-corrected chi connectivity index (χ4v) is 2.97. The van der Waals surface area contributed by atoms with E-state index in [-0.39, 0.29) is 12.8 Å². The van der Waals surface area contributed by atoms with E-state index in [1.54, 1.807) is 30.3 Å². The van der Waals surface area contributed by atoms with Gasteiger partial charge in [0, 0.05) is 28.3 Å². The molecule has 2 rings (SSSR count). The van der Waals surface area contributed by atoms with Gasteiger partial charge in [0.15, 0.2) is 0 Å². The van der Waals surface area contributed by atoms with Crippen LogP contribution in [0.25, 0.3) is 0 Å². The Kier molecular flexibility index (Phi) is 9.84. The van der Waals surface area contributed by atoms with E-state index < -0.39 is 12.9 Å². The smallest absolute Gasteiger partial charge is 0.242 e. The monoisotopic (exact) mass is 494 g/mol. The Hall–Kier alpha value is -1.43. The molecule has 0 fully saturated rings. The number of halogens is 6. The van der Waals surface area contributed by atoms with Crippen LogP contribution in [-0.4, -0.2) is 12.9 Å². The Morgan fingerprint density at radius 1 is 0.846 bits per heavy atom. The zero-order valence-corrected chi connectivity index (χ0v) is 16.7. The summed E-state index contributed by atoms with van der Waals surface area (Å²) in [5.74, 6) is 0. The van der Waals surface area contributed by atoms with E-state index in [2.05, 4.69) is 31.9 Å². The molecule has 0 radical (unpaired) electrons. The molecule has 0 heterocycles. The summed E-state index contributed by atoms with van der Waals surface area (Å²) in [5, 5.41) is 8.61. The number of hydrogen-bond donors (Lipinski definition) is 1. The zero-order valence-electron chi connectivity index (χ0n) is 13.5. The molecule has 0 aliphatic heterocycles. The lowest BCUT2D eigenvalue weighted by atomic mass is 10.1. The maximum Gasteiger partial charge on any atom is 0.242 e. The van der Waals surface area contributed by atoms with E-state index >= 15 is 0 Å². The predicted molar refractivity (Wildman–Crippen MR) is 100 cm³/mol. The summed E-state index contributed by atoms with van der Waals surface area (Å²) in [6.07, 6.45) is -5.34. The summed E-state index contributed by atoms with van der Waals surface area (Å²) in [6.45, 7) is 0.301. The van der Waals surface area contributed by atoms with Gasteiger partial charge in [-0.3, -0.25) is 0 Å². The third-order valence-electron chi connectivity index (χ3n) is 3.32. The van der Waals surface area contributed by atoms with Crippen LogP contribution in [0.4, 0.5) is 17.6 Å². The van der Waals surface area contributed by atoms with Crippen LogP contribution < -0.4 is 5.73 Å². The molecular formula is C18H16Br2F4N2. The normalized spacial score (nSPS) is 10.5. The number of rotatable bonds is 5. The molecule has 2 N–H and O–H groups in total. The molecule has 2 aromatic rings. The second-order valence-corrected chi connectivity index (χ2v) is 7.05. The number of alkyl halides is 4. The minimum atomic E-state index is -2.42. The van der Waals surface area contributed by atoms with Crippen molar-refractivity contribution in [3.05, 3.63) is 67.6 Å². The van der Waals surface area contributed by atoms with Gasteiger partial charge in [0.1, 0.15) is 0 Å². The highest BCUT2D eigenvalue weighted by atomic mass is 79.9. The first-order valence-corrected chi connectivity index (χ1v) is 9.07. The molecular weight excluding hydrogens is 480 g/mol. The first kappa shape index (κ1) is 22.6. The molecule has 0 aliphatic carbocycles. The largest absolute Gasteiger partial charge is 0.326 e. The number of nitriles is 1. The molecule has 0 unspecified atom stereocenters. The van der Waals surface area contributed by atoms with Gasteiger partial charge in [0.25, 0.3) is 0 Å². The van der Waals surface area contributed by atoms with E-state index in [1.807, 2.05) is 6.07 Å². The Bertz CT molecular complexity index is 761. The molecule has 0 aliphatic rings. The van der Waals surface area contributed by atoms with Crippen LogP contribution in [-0.2, 0) is 19.4 Å². The van der Waals surface area contributed by atoms with Gasteiger partial charge < -0.3 is 5.73 Å². The molecule has 0 saturated carbocycles. The predicted octanol–water partition coefficient (Wildman–Crippen LogP) is 5.84. The Labute approximate surface area is 166 Å². The molecule has 0 saturated heterocycles. The van der Waals surface area contributed by atoms with Crippen molar-refractivity contribution in [2.45, 2.75) is 32.2 Å². The van der Waals surface area contributed by atoms with Crippen LogP contribution in [0.2, 0.25) is 0 Å². The van der Waals surface area contributed by atoms with Gasteiger partial charge in [-0.25, -0.2) is 17.6 Å². The average molecular weight is 496 g/mol. The summed E-state index contributed by atoms with van der Waals surface area (Å²) in [6, 6.07) is 11.9. The van der Waals surface area contributed by atoms with E-state index in [0.717, 1.165) is 10.0 Å². The van der Waals surface area contributed by atoms with Gasteiger partial charge in [0.05, 0.1) is 11.6 Å². The Morgan fingerprint density at radius 3 is 1.85 bits per heavy atom. The van der Waals surface area contributed by atoms with Crippen molar-refractivity contribution in [1.82, 2.24) is 0 Å². The fourth-order valence-electron chi connectivity index (χ4n) is 2.16. The summed E-state index contributed by atoms with van der Waals surface area (Å²) in [7, 11) is 0. The molecule has 0 spiro atoms. The molecule has 0 atom stereocenters. The lowest BCUT2D eigenvalue weighted by Crippen LogP contribution is -2.05. The summed E-state index contributed by atoms with van der Waals surface area (Å²) >= 11 is 6.39. The quantitative estimate of drug-likeness (QED) is 0.529. The summed E-state index contributed by atoms with van der Waals surface area (Å²) in [4.78, 5) is 0. The maximum atomic E-state index is 12.1. The summed E-state index contributed by atoms with van der Waals surface area (Å²) in [5.41, 5.74) is 7.50.